The van der Waals surface area contributed by atoms with Crippen LogP contribution >= 0.6 is 34.5 Å². The summed E-state index contributed by atoms with van der Waals surface area (Å²) in [5.41, 5.74) is 0.664. The number of amides is 1. The lowest BCUT2D eigenvalue weighted by atomic mass is 10.2. The average Bonchev–Trinajstić information content (AvgIpc) is 2.97. The molecule has 0 atom stereocenters. The number of carbonyl (C=O) groups excluding carboxylic acids is 1. The minimum Gasteiger partial charge on any atom is -0.311 e. The number of sulfone groups is 1. The van der Waals surface area contributed by atoms with Gasteiger partial charge < -0.3 is 4.57 Å². The summed E-state index contributed by atoms with van der Waals surface area (Å²) in [5, 5.41) is 0.959. The van der Waals surface area contributed by atoms with E-state index in [1.807, 2.05) is 0 Å². The molecule has 3 rings (SSSR count). The first-order chi connectivity index (χ1) is 12.7. The van der Waals surface area contributed by atoms with Gasteiger partial charge in [-0.3, -0.25) is 4.79 Å². The Balaban J connectivity index is 2.27. The van der Waals surface area contributed by atoms with Gasteiger partial charge in [-0.05, 0) is 24.3 Å². The third-order valence-electron chi connectivity index (χ3n) is 3.75. The summed E-state index contributed by atoms with van der Waals surface area (Å²) in [6.45, 7) is 4.08. The Labute approximate surface area is 170 Å². The van der Waals surface area contributed by atoms with Crippen LogP contribution < -0.4 is 4.80 Å². The van der Waals surface area contributed by atoms with E-state index in [1.54, 1.807) is 34.9 Å². The molecule has 0 radical (unpaired) electrons. The monoisotopic (exact) mass is 440 g/mol. The van der Waals surface area contributed by atoms with Gasteiger partial charge in [-0.25, -0.2) is 8.42 Å². The van der Waals surface area contributed by atoms with Crippen molar-refractivity contribution in [3.05, 3.63) is 69.5 Å². The molecule has 1 heterocycles. The molecule has 0 bridgehead atoms. The second-order valence-electron chi connectivity index (χ2n) is 5.68. The molecule has 1 amide bonds. The normalized spacial score (nSPS) is 12.5. The van der Waals surface area contributed by atoms with Gasteiger partial charge in [0.25, 0.3) is 5.91 Å². The van der Waals surface area contributed by atoms with E-state index in [0.717, 1.165) is 6.26 Å². The van der Waals surface area contributed by atoms with Gasteiger partial charge in [-0.1, -0.05) is 52.7 Å². The first-order valence-corrected chi connectivity index (χ1v) is 11.2. The molecule has 0 unspecified atom stereocenters. The number of benzene rings is 2. The maximum Gasteiger partial charge on any atom is 0.280 e. The Morgan fingerprint density at radius 2 is 1.89 bits per heavy atom. The molecule has 0 aliphatic carbocycles. The van der Waals surface area contributed by atoms with E-state index in [4.69, 9.17) is 23.2 Å². The van der Waals surface area contributed by atoms with Gasteiger partial charge in [0, 0.05) is 12.8 Å². The van der Waals surface area contributed by atoms with Crippen molar-refractivity contribution in [2.24, 2.45) is 4.99 Å². The van der Waals surface area contributed by atoms with Crippen LogP contribution in [0.15, 0.2) is 58.9 Å². The largest absolute Gasteiger partial charge is 0.311 e. The number of carbonyl (C=O) groups is 1. The van der Waals surface area contributed by atoms with Crippen LogP contribution in [0.25, 0.3) is 10.2 Å². The Morgan fingerprint density at radius 3 is 2.56 bits per heavy atom. The van der Waals surface area contributed by atoms with Gasteiger partial charge in [0.05, 0.1) is 30.7 Å². The van der Waals surface area contributed by atoms with Crippen molar-refractivity contribution in [2.75, 3.05) is 6.26 Å². The quantitative estimate of drug-likeness (QED) is 0.566. The highest BCUT2D eigenvalue weighted by Crippen LogP contribution is 2.32. The van der Waals surface area contributed by atoms with Gasteiger partial charge in [-0.15, -0.1) is 6.58 Å². The van der Waals surface area contributed by atoms with Crippen molar-refractivity contribution in [1.82, 2.24) is 4.57 Å². The number of allylic oxidation sites excluding steroid dienone is 1. The second-order valence-corrected chi connectivity index (χ2v) is 9.45. The molecule has 0 spiro atoms. The van der Waals surface area contributed by atoms with Crippen molar-refractivity contribution in [3.8, 4) is 0 Å². The molecule has 0 saturated heterocycles. The molecule has 2 aromatic carbocycles. The minimum atomic E-state index is -3.57. The second kappa shape index (κ2) is 7.59. The van der Waals surface area contributed by atoms with Gasteiger partial charge in [0.1, 0.15) is 0 Å². The maximum absolute atomic E-state index is 12.8. The molecule has 0 aliphatic rings. The molecule has 1 aromatic heterocycles. The highest BCUT2D eigenvalue weighted by atomic mass is 35.5. The Kier molecular flexibility index (Phi) is 5.58. The molecule has 27 heavy (non-hydrogen) atoms. The van der Waals surface area contributed by atoms with E-state index < -0.39 is 15.7 Å². The van der Waals surface area contributed by atoms with Crippen molar-refractivity contribution < 1.29 is 13.2 Å². The van der Waals surface area contributed by atoms with Crippen LogP contribution in [0.5, 0.6) is 0 Å². The minimum absolute atomic E-state index is 0.0137. The molecule has 0 aliphatic heterocycles. The number of thiazole rings is 1. The summed E-state index contributed by atoms with van der Waals surface area (Å²) in [4.78, 5) is 17.2. The predicted octanol–water partition coefficient (Wildman–Crippen LogP) is 4.34. The summed E-state index contributed by atoms with van der Waals surface area (Å²) >= 11 is 13.8. The number of halogens is 2. The first kappa shape index (κ1) is 19.8. The molecule has 0 N–H and O–H groups in total. The van der Waals surface area contributed by atoms with Crippen molar-refractivity contribution in [2.45, 2.75) is 11.4 Å². The molecule has 0 saturated carbocycles. The van der Waals surface area contributed by atoms with Crippen LogP contribution in [0.4, 0.5) is 0 Å². The lowest BCUT2D eigenvalue weighted by Crippen LogP contribution is -2.17. The summed E-state index contributed by atoms with van der Waals surface area (Å²) in [6.07, 6.45) is 2.70. The lowest BCUT2D eigenvalue weighted by Gasteiger charge is -2.05. The molecule has 5 nitrogen and oxygen atoms in total. The molecule has 3 aromatic rings. The third-order valence-corrected chi connectivity index (χ3v) is 6.75. The summed E-state index contributed by atoms with van der Waals surface area (Å²) in [7, 11) is -3.57. The molecule has 0 fully saturated rings. The van der Waals surface area contributed by atoms with Crippen LogP contribution in [0, 0.1) is 0 Å². The summed E-state index contributed by atoms with van der Waals surface area (Å²) < 4.78 is 26.3. The zero-order valence-corrected chi connectivity index (χ0v) is 17.3. The highest BCUT2D eigenvalue weighted by molar-refractivity contribution is 7.90. The van der Waals surface area contributed by atoms with Gasteiger partial charge >= 0.3 is 0 Å². The predicted molar refractivity (Wildman–Crippen MR) is 109 cm³/mol. The number of rotatable bonds is 4. The van der Waals surface area contributed by atoms with Gasteiger partial charge in [0.15, 0.2) is 14.6 Å². The Hall–Kier alpha value is -1.93. The fraction of sp³-hybridized carbons (Fsp3) is 0.111. The Bertz CT molecular complexity index is 1240. The van der Waals surface area contributed by atoms with Gasteiger partial charge in [-0.2, -0.15) is 4.99 Å². The maximum atomic E-state index is 12.8. The molecular formula is C18H14Cl2N2O3S2. The van der Waals surface area contributed by atoms with Crippen molar-refractivity contribution in [1.29, 1.82) is 0 Å². The fourth-order valence-corrected chi connectivity index (χ4v) is 5.14. The SMILES string of the molecule is C=CCn1c(=NC(=O)c2ccccc2S(C)(=O)=O)sc2c(Cl)ccc(Cl)c21. The zero-order valence-electron chi connectivity index (χ0n) is 14.1. The van der Waals surface area contributed by atoms with Crippen LogP contribution in [0.1, 0.15) is 10.4 Å². The average molecular weight is 441 g/mol. The zero-order chi connectivity index (χ0) is 19.8. The smallest absolute Gasteiger partial charge is 0.280 e. The first-order valence-electron chi connectivity index (χ1n) is 7.70. The highest BCUT2D eigenvalue weighted by Gasteiger charge is 2.19. The van der Waals surface area contributed by atoms with Crippen LogP contribution in [-0.2, 0) is 16.4 Å². The standard InChI is InChI=1S/C18H14Cl2N2O3S2/c1-3-10-22-15-12(19)8-9-13(20)16(15)26-18(22)21-17(23)11-6-4-5-7-14(11)27(2,24)25/h3-9H,1,10H2,2H3. The number of fused-ring (bicyclic) bond motifs is 1. The van der Waals surface area contributed by atoms with Crippen LogP contribution in [0.3, 0.4) is 0 Å². The van der Waals surface area contributed by atoms with Crippen molar-refractivity contribution in [3.63, 3.8) is 0 Å². The number of hydrogen-bond donors (Lipinski definition) is 0. The summed E-state index contributed by atoms with van der Waals surface area (Å²) in [5.74, 6) is -0.660. The Morgan fingerprint density at radius 1 is 1.22 bits per heavy atom. The van der Waals surface area contributed by atoms with E-state index in [1.165, 1.54) is 23.5 Å². The van der Waals surface area contributed by atoms with E-state index in [9.17, 15) is 13.2 Å². The number of hydrogen-bond acceptors (Lipinski definition) is 4. The van der Waals surface area contributed by atoms with Crippen LogP contribution in [0.2, 0.25) is 10.0 Å². The van der Waals surface area contributed by atoms with E-state index in [2.05, 4.69) is 11.6 Å². The molecule has 9 heteroatoms. The van der Waals surface area contributed by atoms with E-state index in [0.29, 0.717) is 31.6 Å². The van der Waals surface area contributed by atoms with E-state index in [-0.39, 0.29) is 10.5 Å². The number of nitrogens with zero attached hydrogens (tertiary/aromatic N) is 2. The van der Waals surface area contributed by atoms with Crippen LogP contribution in [-0.4, -0.2) is 25.1 Å². The van der Waals surface area contributed by atoms with Gasteiger partial charge in [0.2, 0.25) is 0 Å². The summed E-state index contributed by atoms with van der Waals surface area (Å²) in [6, 6.07) is 9.31. The topological polar surface area (TPSA) is 68.5 Å². The third kappa shape index (κ3) is 3.87. The number of aromatic nitrogens is 1. The lowest BCUT2D eigenvalue weighted by molar-refractivity contribution is 0.0994. The fourth-order valence-electron chi connectivity index (χ4n) is 2.61. The van der Waals surface area contributed by atoms with E-state index >= 15 is 0 Å². The van der Waals surface area contributed by atoms with Crippen molar-refractivity contribution >= 4 is 60.5 Å². The molecular weight excluding hydrogens is 427 g/mol. The molecule has 140 valence electrons.